The molecule has 1 aromatic carbocycles. The molecule has 10 heteroatoms. The van der Waals surface area contributed by atoms with E-state index in [1.807, 2.05) is 39.0 Å². The highest BCUT2D eigenvalue weighted by atomic mass is 16.5. The van der Waals surface area contributed by atoms with E-state index in [1.54, 1.807) is 17.0 Å². The monoisotopic (exact) mass is 601 g/mol. The number of nitriles is 1. The summed E-state index contributed by atoms with van der Waals surface area (Å²) in [6, 6.07) is 7.16. The maximum Gasteiger partial charge on any atom is 0.248 e. The van der Waals surface area contributed by atoms with Gasteiger partial charge < -0.3 is 26.4 Å². The van der Waals surface area contributed by atoms with Crippen molar-refractivity contribution in [3.63, 3.8) is 0 Å². The number of rotatable bonds is 9. The molecule has 0 radical (unpaired) electrons. The molecular weight excluding hydrogens is 554 g/mol. The number of hydrogen-bond donors (Lipinski definition) is 5. The predicted octanol–water partition coefficient (Wildman–Crippen LogP) is 4.46. The second-order valence-corrected chi connectivity index (χ2v) is 12.2. The fraction of sp³-hybridized carbons (Fsp3) is 0.500. The zero-order valence-corrected chi connectivity index (χ0v) is 26.6. The third kappa shape index (κ3) is 7.45. The van der Waals surface area contributed by atoms with Crippen LogP contribution in [0.1, 0.15) is 81.8 Å². The van der Waals surface area contributed by atoms with Gasteiger partial charge in [-0.3, -0.25) is 20.4 Å². The fourth-order valence-corrected chi connectivity index (χ4v) is 6.63. The van der Waals surface area contributed by atoms with Crippen molar-refractivity contribution in [1.29, 1.82) is 16.1 Å². The molecule has 1 saturated carbocycles. The number of carbonyl (C=O) groups excluding carboxylic acids is 2. The molecule has 1 heterocycles. The summed E-state index contributed by atoms with van der Waals surface area (Å²) >= 11 is 0. The van der Waals surface area contributed by atoms with Gasteiger partial charge in [0, 0.05) is 36.7 Å². The number of amides is 2. The van der Waals surface area contributed by atoms with Crippen LogP contribution in [0.2, 0.25) is 0 Å². The topological polar surface area (TPSA) is 182 Å². The van der Waals surface area contributed by atoms with E-state index < -0.39 is 11.3 Å². The zero-order valence-electron chi connectivity index (χ0n) is 26.6. The number of likely N-dealkylation sites (tertiary alicyclic amines) is 1. The number of carbonyl (C=O) groups is 2. The van der Waals surface area contributed by atoms with Crippen molar-refractivity contribution in [2.45, 2.75) is 90.3 Å². The van der Waals surface area contributed by atoms with Crippen LogP contribution in [-0.2, 0) is 21.4 Å². The largest absolute Gasteiger partial charge is 0.429 e. The number of allylic oxidation sites excluding steroid dienone is 3. The number of ether oxygens (including phenoxy) is 1. The van der Waals surface area contributed by atoms with Crippen molar-refractivity contribution in [2.24, 2.45) is 23.3 Å². The summed E-state index contributed by atoms with van der Waals surface area (Å²) in [7, 11) is 0. The van der Waals surface area contributed by atoms with E-state index in [0.29, 0.717) is 30.2 Å². The number of primary amides is 1. The minimum atomic E-state index is -0.987. The second-order valence-electron chi connectivity index (χ2n) is 12.2. The predicted molar refractivity (Wildman–Crippen MR) is 173 cm³/mol. The Balaban J connectivity index is 0.000000676. The van der Waals surface area contributed by atoms with Crippen LogP contribution < -0.4 is 16.8 Å². The van der Waals surface area contributed by atoms with Gasteiger partial charge in [0.25, 0.3) is 0 Å². The summed E-state index contributed by atoms with van der Waals surface area (Å²) in [6.07, 6.45) is 9.37. The average molecular weight is 602 g/mol. The number of benzene rings is 1. The highest BCUT2D eigenvalue weighted by Crippen LogP contribution is 2.52. The van der Waals surface area contributed by atoms with Gasteiger partial charge >= 0.3 is 0 Å². The molecule has 2 aliphatic carbocycles. The standard InChI is InChI=1S/C28H36N6O3.C6H11N/c1-15-6-5-7-19-10-20(26(31)36)8-9-23(19)28(15,27(32)37-18(4)30)12-16(2)33-14-24(35)34-21(13-29)11-22-17(3)25(22)34;1-3-4-5-6(2)7/h6,8-10,16-17,21-22,25,30,32-33H,5,7,11-12,14H2,1-4H3,(H2,31,36);3-4H,2,5,7H2,1H3/b;4-3-. The maximum absolute atomic E-state index is 13.1. The van der Waals surface area contributed by atoms with Crippen molar-refractivity contribution in [1.82, 2.24) is 10.2 Å². The summed E-state index contributed by atoms with van der Waals surface area (Å²) in [5, 5.41) is 29.7. The summed E-state index contributed by atoms with van der Waals surface area (Å²) < 4.78 is 5.62. The Bertz CT molecular complexity index is 1410. The van der Waals surface area contributed by atoms with Crippen molar-refractivity contribution < 1.29 is 14.3 Å². The molecule has 1 aliphatic heterocycles. The average Bonchev–Trinajstić information content (AvgIpc) is 3.44. The molecule has 3 aliphatic rings. The Hall–Kier alpha value is -4.23. The molecule has 4 rings (SSSR count). The summed E-state index contributed by atoms with van der Waals surface area (Å²) in [5.41, 5.74) is 13.6. The van der Waals surface area contributed by atoms with Gasteiger partial charge in [0.05, 0.1) is 18.0 Å². The van der Waals surface area contributed by atoms with E-state index in [9.17, 15) is 14.9 Å². The Morgan fingerprint density at radius 2 is 2.05 bits per heavy atom. The molecule has 10 nitrogen and oxygen atoms in total. The first-order valence-corrected chi connectivity index (χ1v) is 15.2. The summed E-state index contributed by atoms with van der Waals surface area (Å²) in [4.78, 5) is 26.7. The molecule has 2 fully saturated rings. The Morgan fingerprint density at radius 1 is 1.34 bits per heavy atom. The van der Waals surface area contributed by atoms with Gasteiger partial charge in [-0.25, -0.2) is 0 Å². The van der Waals surface area contributed by atoms with E-state index in [2.05, 4.69) is 31.0 Å². The van der Waals surface area contributed by atoms with Crippen LogP contribution >= 0.6 is 0 Å². The van der Waals surface area contributed by atoms with Crippen LogP contribution in [0, 0.1) is 34.0 Å². The van der Waals surface area contributed by atoms with E-state index in [0.717, 1.165) is 41.7 Å². The molecule has 44 heavy (non-hydrogen) atoms. The lowest BCUT2D eigenvalue weighted by Crippen LogP contribution is -2.48. The number of piperidine rings is 1. The number of nitrogens with one attached hydrogen (secondary N) is 3. The molecule has 2 amide bonds. The maximum atomic E-state index is 13.1. The van der Waals surface area contributed by atoms with Gasteiger partial charge in [0.1, 0.15) is 6.04 Å². The Morgan fingerprint density at radius 3 is 2.61 bits per heavy atom. The molecule has 6 atom stereocenters. The van der Waals surface area contributed by atoms with Gasteiger partial charge in [-0.05, 0) is 81.5 Å². The number of nitrogens with zero attached hydrogens (tertiary/aromatic N) is 2. The normalized spacial score (nSPS) is 25.6. The van der Waals surface area contributed by atoms with Gasteiger partial charge in [-0.2, -0.15) is 5.26 Å². The fourth-order valence-electron chi connectivity index (χ4n) is 6.63. The first-order chi connectivity index (χ1) is 20.8. The third-order valence-corrected chi connectivity index (χ3v) is 8.96. The van der Waals surface area contributed by atoms with Crippen LogP contribution in [0.3, 0.4) is 0 Å². The highest BCUT2D eigenvalue weighted by Gasteiger charge is 2.60. The SMILES string of the molecule is C=C(N)C/C=C\C.CC(=N)OC(=N)C1(CC(C)NCC(=O)N2C(C#N)CC3C(C)C32)C(C)=CCCc2cc(C(N)=O)ccc21. The van der Waals surface area contributed by atoms with Crippen molar-refractivity contribution >= 4 is 23.6 Å². The van der Waals surface area contributed by atoms with E-state index in [-0.39, 0.29) is 42.4 Å². The summed E-state index contributed by atoms with van der Waals surface area (Å²) in [5.74, 6) is 0.126. The Labute approximate surface area is 261 Å². The van der Waals surface area contributed by atoms with Crippen molar-refractivity contribution in [3.8, 4) is 6.07 Å². The van der Waals surface area contributed by atoms with E-state index in [4.69, 9.17) is 27.0 Å². The van der Waals surface area contributed by atoms with Gasteiger partial charge in [0.2, 0.25) is 17.7 Å². The second kappa shape index (κ2) is 14.5. The van der Waals surface area contributed by atoms with Crippen LogP contribution in [0.4, 0.5) is 0 Å². The lowest BCUT2D eigenvalue weighted by atomic mass is 9.69. The van der Waals surface area contributed by atoms with Gasteiger partial charge in [-0.15, -0.1) is 0 Å². The highest BCUT2D eigenvalue weighted by molar-refractivity contribution is 5.98. The zero-order chi connectivity index (χ0) is 32.8. The molecular formula is C34H47N7O3. The van der Waals surface area contributed by atoms with Crippen LogP contribution in [-0.4, -0.2) is 53.2 Å². The van der Waals surface area contributed by atoms with Crippen molar-refractivity contribution in [3.05, 3.63) is 71.0 Å². The molecule has 7 N–H and O–H groups in total. The minimum Gasteiger partial charge on any atom is -0.429 e. The van der Waals surface area contributed by atoms with Crippen LogP contribution in [0.15, 0.2) is 54.3 Å². The number of fused-ring (bicyclic) bond motifs is 2. The molecule has 0 aromatic heterocycles. The van der Waals surface area contributed by atoms with Crippen LogP contribution in [0.25, 0.3) is 0 Å². The van der Waals surface area contributed by atoms with Crippen molar-refractivity contribution in [2.75, 3.05) is 6.54 Å². The molecule has 1 saturated heterocycles. The first-order valence-electron chi connectivity index (χ1n) is 15.2. The first kappa shape index (κ1) is 34.3. The number of nitrogens with two attached hydrogens (primary N) is 2. The smallest absolute Gasteiger partial charge is 0.248 e. The van der Waals surface area contributed by atoms with Gasteiger partial charge in [-0.1, -0.05) is 43.4 Å². The van der Waals surface area contributed by atoms with E-state index in [1.165, 1.54) is 6.92 Å². The molecule has 0 spiro atoms. The summed E-state index contributed by atoms with van der Waals surface area (Å²) in [6.45, 7) is 13.1. The molecule has 6 unspecified atom stereocenters. The van der Waals surface area contributed by atoms with E-state index >= 15 is 0 Å². The minimum absolute atomic E-state index is 0.0672. The quantitative estimate of drug-likeness (QED) is 0.158. The van der Waals surface area contributed by atoms with Crippen LogP contribution in [0.5, 0.6) is 0 Å². The third-order valence-electron chi connectivity index (χ3n) is 8.96. The number of hydrogen-bond acceptors (Lipinski definition) is 8. The molecule has 1 aromatic rings. The van der Waals surface area contributed by atoms with Gasteiger partial charge in [0.15, 0.2) is 5.90 Å². The lowest BCUT2D eigenvalue weighted by Gasteiger charge is -2.38. The number of aryl methyl sites for hydroxylation is 1. The Kier molecular flexibility index (Phi) is 11.3. The molecule has 236 valence electrons. The lowest BCUT2D eigenvalue weighted by molar-refractivity contribution is -0.131. The molecule has 0 bridgehead atoms.